The number of carbonyl (C=O) groups excluding carboxylic acids is 2. The zero-order chi connectivity index (χ0) is 20.1. The Bertz CT molecular complexity index is 751. The number of fused-ring (bicyclic) bond motifs is 5. The summed E-state index contributed by atoms with van der Waals surface area (Å²) in [7, 11) is 1.37. The minimum atomic E-state index is -0.615. The highest BCUT2D eigenvalue weighted by molar-refractivity contribution is 5.97. The van der Waals surface area contributed by atoms with Gasteiger partial charge >= 0.3 is 5.97 Å². The van der Waals surface area contributed by atoms with Crippen LogP contribution in [0.1, 0.15) is 78.6 Å². The number of nitrogens with one attached hydrogen (secondary N) is 1. The molecule has 0 radical (unpaired) electrons. The lowest BCUT2D eigenvalue weighted by molar-refractivity contribution is -0.144. The molecule has 0 bridgehead atoms. The summed E-state index contributed by atoms with van der Waals surface area (Å²) in [5.74, 6) is 0.801. The smallest absolute Gasteiger partial charge is 0.328 e. The van der Waals surface area contributed by atoms with E-state index in [0.29, 0.717) is 11.8 Å². The second-order valence-electron chi connectivity index (χ2n) is 10.0. The number of ether oxygens (including phenoxy) is 1. The minimum Gasteiger partial charge on any atom is -0.467 e. The predicted molar refractivity (Wildman–Crippen MR) is 109 cm³/mol. The molecule has 1 N–H and O–H groups in total. The Morgan fingerprint density at radius 2 is 2.00 bits per heavy atom. The Morgan fingerprint density at radius 1 is 1.21 bits per heavy atom. The van der Waals surface area contributed by atoms with Gasteiger partial charge in [-0.2, -0.15) is 0 Å². The van der Waals surface area contributed by atoms with Gasteiger partial charge in [0, 0.05) is 11.0 Å². The largest absolute Gasteiger partial charge is 0.467 e. The number of hydrogen-bond acceptors (Lipinski definition) is 3. The van der Waals surface area contributed by atoms with Gasteiger partial charge in [0.1, 0.15) is 6.04 Å². The average Bonchev–Trinajstić information content (AvgIpc) is 3.07. The molecule has 5 atom stereocenters. The van der Waals surface area contributed by atoms with E-state index in [0.717, 1.165) is 18.4 Å². The van der Waals surface area contributed by atoms with Crippen LogP contribution in [0.15, 0.2) is 22.8 Å². The standard InChI is InChI=1S/C24H35NO3/c1-15(22(27)28-4)25-21(26)18-14-23(2)12-7-9-19(23)17-11-10-16-8-5-6-13-24(16,3)20(17)18/h8,15,17,19H,5-7,9-14H2,1-4H3,(H,25,26)/t15?,17-,19-,23-,24-/m0/s1. The summed E-state index contributed by atoms with van der Waals surface area (Å²) < 4.78 is 4.82. The zero-order valence-corrected chi connectivity index (χ0v) is 17.9. The van der Waals surface area contributed by atoms with E-state index in [1.165, 1.54) is 57.6 Å². The number of carbonyl (C=O) groups is 2. The SMILES string of the molecule is COC(=O)C(C)NC(=O)C1=C2[C@@H](CCC3=CCCC[C@@]32C)[C@@H]2CCC[C@@]2(C)C1. The van der Waals surface area contributed by atoms with Crippen molar-refractivity contribution in [3.05, 3.63) is 22.8 Å². The number of amides is 1. The summed E-state index contributed by atoms with van der Waals surface area (Å²) in [6, 6.07) is -0.615. The van der Waals surface area contributed by atoms with Crippen molar-refractivity contribution in [2.24, 2.45) is 22.7 Å². The Morgan fingerprint density at radius 3 is 2.75 bits per heavy atom. The number of allylic oxidation sites excluding steroid dienone is 3. The fourth-order valence-electron chi connectivity index (χ4n) is 7.01. The lowest BCUT2D eigenvalue weighted by atomic mass is 9.50. The minimum absolute atomic E-state index is 0.0340. The van der Waals surface area contributed by atoms with Gasteiger partial charge in [-0.25, -0.2) is 4.79 Å². The molecule has 28 heavy (non-hydrogen) atoms. The van der Waals surface area contributed by atoms with E-state index in [-0.39, 0.29) is 22.7 Å². The molecule has 0 heterocycles. The first kappa shape index (κ1) is 19.7. The maximum Gasteiger partial charge on any atom is 0.328 e. The van der Waals surface area contributed by atoms with Gasteiger partial charge in [-0.1, -0.05) is 31.9 Å². The van der Waals surface area contributed by atoms with Crippen LogP contribution in [0.25, 0.3) is 0 Å². The van der Waals surface area contributed by atoms with Gasteiger partial charge in [-0.15, -0.1) is 0 Å². The third kappa shape index (κ3) is 2.95. The lowest BCUT2D eigenvalue weighted by Gasteiger charge is -2.54. The molecule has 154 valence electrons. The van der Waals surface area contributed by atoms with Gasteiger partial charge in [0.25, 0.3) is 0 Å². The molecular formula is C24H35NO3. The third-order valence-corrected chi connectivity index (χ3v) is 8.40. The van der Waals surface area contributed by atoms with Crippen LogP contribution in [0.3, 0.4) is 0 Å². The maximum atomic E-state index is 13.4. The van der Waals surface area contributed by atoms with Gasteiger partial charge < -0.3 is 10.1 Å². The first-order valence-electron chi connectivity index (χ1n) is 11.1. The van der Waals surface area contributed by atoms with E-state index in [1.807, 2.05) is 0 Å². The Kier molecular flexibility index (Phi) is 4.96. The number of esters is 1. The third-order valence-electron chi connectivity index (χ3n) is 8.40. The molecule has 0 saturated heterocycles. The van der Waals surface area contributed by atoms with E-state index in [9.17, 15) is 9.59 Å². The number of methoxy groups -OCH3 is 1. The van der Waals surface area contributed by atoms with Gasteiger partial charge in [0.2, 0.25) is 5.91 Å². The molecule has 0 aromatic heterocycles. The van der Waals surface area contributed by atoms with Gasteiger partial charge in [0.15, 0.2) is 0 Å². The molecular weight excluding hydrogens is 350 g/mol. The first-order chi connectivity index (χ1) is 13.3. The van der Waals surface area contributed by atoms with Crippen LogP contribution in [0.2, 0.25) is 0 Å². The molecule has 4 aliphatic carbocycles. The van der Waals surface area contributed by atoms with Crippen LogP contribution in [-0.4, -0.2) is 25.0 Å². The van der Waals surface area contributed by atoms with Crippen LogP contribution in [-0.2, 0) is 14.3 Å². The Balaban J connectivity index is 1.78. The van der Waals surface area contributed by atoms with Gasteiger partial charge in [-0.3, -0.25) is 4.79 Å². The van der Waals surface area contributed by atoms with Crippen LogP contribution in [0.5, 0.6) is 0 Å². The summed E-state index contributed by atoms with van der Waals surface area (Å²) in [4.78, 5) is 25.3. The van der Waals surface area contributed by atoms with Gasteiger partial charge in [0.05, 0.1) is 7.11 Å². The van der Waals surface area contributed by atoms with Crippen molar-refractivity contribution in [2.45, 2.75) is 84.6 Å². The lowest BCUT2D eigenvalue weighted by Crippen LogP contribution is -2.48. The van der Waals surface area contributed by atoms with E-state index in [4.69, 9.17) is 4.74 Å². The molecule has 0 spiro atoms. The van der Waals surface area contributed by atoms with E-state index < -0.39 is 6.04 Å². The van der Waals surface area contributed by atoms with Crippen LogP contribution < -0.4 is 5.32 Å². The molecule has 0 aromatic rings. The summed E-state index contributed by atoms with van der Waals surface area (Å²) in [6.07, 6.45) is 13.0. The Labute approximate surface area is 169 Å². The monoisotopic (exact) mass is 385 g/mol. The Hall–Kier alpha value is -1.58. The van der Waals surface area contributed by atoms with Crippen LogP contribution in [0, 0.1) is 22.7 Å². The summed E-state index contributed by atoms with van der Waals surface area (Å²) in [5, 5.41) is 2.95. The fourth-order valence-corrected chi connectivity index (χ4v) is 7.01. The van der Waals surface area contributed by atoms with E-state index >= 15 is 0 Å². The molecule has 4 aliphatic rings. The zero-order valence-electron chi connectivity index (χ0n) is 17.9. The second-order valence-corrected chi connectivity index (χ2v) is 10.0. The predicted octanol–water partition coefficient (Wildman–Crippen LogP) is 4.70. The molecule has 2 saturated carbocycles. The average molecular weight is 386 g/mol. The summed E-state index contributed by atoms with van der Waals surface area (Å²) in [5.41, 5.74) is 4.21. The molecule has 0 aromatic carbocycles. The van der Waals surface area contributed by atoms with E-state index in [2.05, 4.69) is 25.2 Å². The highest BCUT2D eigenvalue weighted by Gasteiger charge is 2.55. The van der Waals surface area contributed by atoms with Crippen molar-refractivity contribution in [1.82, 2.24) is 5.32 Å². The van der Waals surface area contributed by atoms with Crippen molar-refractivity contribution < 1.29 is 14.3 Å². The molecule has 1 unspecified atom stereocenters. The summed E-state index contributed by atoms with van der Waals surface area (Å²) in [6.45, 7) is 6.49. The van der Waals surface area contributed by atoms with Crippen molar-refractivity contribution >= 4 is 11.9 Å². The fraction of sp³-hybridized carbons (Fsp3) is 0.750. The molecule has 4 rings (SSSR count). The van der Waals surface area contributed by atoms with Crippen LogP contribution in [0.4, 0.5) is 0 Å². The highest BCUT2D eigenvalue weighted by Crippen LogP contribution is 2.64. The highest BCUT2D eigenvalue weighted by atomic mass is 16.5. The van der Waals surface area contributed by atoms with Gasteiger partial charge in [-0.05, 0) is 81.1 Å². The van der Waals surface area contributed by atoms with Crippen molar-refractivity contribution in [3.8, 4) is 0 Å². The number of hydrogen-bond donors (Lipinski definition) is 1. The molecule has 2 fully saturated rings. The van der Waals surface area contributed by atoms with E-state index in [1.54, 1.807) is 12.5 Å². The van der Waals surface area contributed by atoms with Crippen molar-refractivity contribution in [2.75, 3.05) is 7.11 Å². The second kappa shape index (κ2) is 7.03. The molecule has 4 heteroatoms. The van der Waals surface area contributed by atoms with Crippen molar-refractivity contribution in [3.63, 3.8) is 0 Å². The van der Waals surface area contributed by atoms with Crippen molar-refractivity contribution in [1.29, 1.82) is 0 Å². The topological polar surface area (TPSA) is 55.4 Å². The quantitative estimate of drug-likeness (QED) is 0.566. The molecule has 4 nitrogen and oxygen atoms in total. The van der Waals surface area contributed by atoms with Crippen LogP contribution >= 0.6 is 0 Å². The first-order valence-corrected chi connectivity index (χ1v) is 11.1. The normalized spacial score (nSPS) is 37.9. The molecule has 0 aliphatic heterocycles. The number of rotatable bonds is 3. The maximum absolute atomic E-state index is 13.4. The summed E-state index contributed by atoms with van der Waals surface area (Å²) >= 11 is 0. The molecule has 1 amide bonds.